The number of carbonyl (C=O) groups excluding carboxylic acids is 1. The van der Waals surface area contributed by atoms with E-state index in [-0.39, 0.29) is 11.2 Å². The van der Waals surface area contributed by atoms with E-state index in [0.29, 0.717) is 5.75 Å². The Morgan fingerprint density at radius 2 is 1.94 bits per heavy atom. The van der Waals surface area contributed by atoms with Crippen LogP contribution in [-0.2, 0) is 11.2 Å². The number of nitrogens with one attached hydrogen (secondary N) is 1. The van der Waals surface area contributed by atoms with Gasteiger partial charge in [-0.3, -0.25) is 4.79 Å². The number of carbonyl (C=O) groups is 1. The highest BCUT2D eigenvalue weighted by Gasteiger charge is 2.11. The third-order valence-corrected chi connectivity index (χ3v) is 4.15. The van der Waals surface area contributed by atoms with Gasteiger partial charge in [0.05, 0.1) is 11.9 Å². The van der Waals surface area contributed by atoms with Gasteiger partial charge in [0.25, 0.3) is 0 Å². The zero-order chi connectivity index (χ0) is 13.5. The molecule has 100 valence electrons. The number of benzene rings is 1. The molecule has 18 heavy (non-hydrogen) atoms. The van der Waals surface area contributed by atoms with Crippen LogP contribution in [0.15, 0.2) is 24.3 Å². The van der Waals surface area contributed by atoms with Gasteiger partial charge in [-0.2, -0.15) is 0 Å². The molecule has 0 saturated heterocycles. The molecule has 2 unspecified atom stereocenters. The standard InChI is InChI=1S/C14H21NO2S/c1-4-12-5-7-13(8-6-12)15-14(17)9-18-11(3)10(2)16/h5-8,10-11,16H,4,9H2,1-3H3,(H,15,17). The van der Waals surface area contributed by atoms with Gasteiger partial charge in [0, 0.05) is 10.9 Å². The molecule has 0 saturated carbocycles. The minimum Gasteiger partial charge on any atom is -0.392 e. The zero-order valence-electron chi connectivity index (χ0n) is 11.1. The number of anilines is 1. The summed E-state index contributed by atoms with van der Waals surface area (Å²) in [5, 5.41) is 12.2. The lowest BCUT2D eigenvalue weighted by atomic mass is 10.1. The van der Waals surface area contributed by atoms with Gasteiger partial charge in [0.1, 0.15) is 0 Å². The average Bonchev–Trinajstić information content (AvgIpc) is 2.36. The number of aryl methyl sites for hydroxylation is 1. The van der Waals surface area contributed by atoms with Gasteiger partial charge < -0.3 is 10.4 Å². The molecule has 0 heterocycles. The maximum atomic E-state index is 11.7. The lowest BCUT2D eigenvalue weighted by molar-refractivity contribution is -0.113. The molecule has 1 aromatic carbocycles. The normalized spacial score (nSPS) is 14.0. The summed E-state index contributed by atoms with van der Waals surface area (Å²) in [5.41, 5.74) is 2.08. The molecular formula is C14H21NO2S. The van der Waals surface area contributed by atoms with Gasteiger partial charge in [-0.05, 0) is 31.0 Å². The van der Waals surface area contributed by atoms with Gasteiger partial charge in [-0.1, -0.05) is 26.0 Å². The average molecular weight is 267 g/mol. The molecule has 0 spiro atoms. The van der Waals surface area contributed by atoms with Gasteiger partial charge in [-0.15, -0.1) is 11.8 Å². The fourth-order valence-corrected chi connectivity index (χ4v) is 2.13. The van der Waals surface area contributed by atoms with E-state index in [9.17, 15) is 9.90 Å². The second kappa shape index (κ2) is 7.44. The van der Waals surface area contributed by atoms with E-state index >= 15 is 0 Å². The maximum Gasteiger partial charge on any atom is 0.234 e. The summed E-state index contributed by atoms with van der Waals surface area (Å²) in [6, 6.07) is 7.86. The summed E-state index contributed by atoms with van der Waals surface area (Å²) in [6.07, 6.45) is 0.599. The monoisotopic (exact) mass is 267 g/mol. The van der Waals surface area contributed by atoms with Gasteiger partial charge in [0.2, 0.25) is 5.91 Å². The lowest BCUT2D eigenvalue weighted by Crippen LogP contribution is -2.20. The molecule has 0 bridgehead atoms. The summed E-state index contributed by atoms with van der Waals surface area (Å²) >= 11 is 1.46. The van der Waals surface area contributed by atoms with Crippen molar-refractivity contribution in [3.63, 3.8) is 0 Å². The molecular weight excluding hydrogens is 246 g/mol. The Hall–Kier alpha value is -1.00. The largest absolute Gasteiger partial charge is 0.392 e. The molecule has 2 atom stereocenters. The van der Waals surface area contributed by atoms with Crippen LogP contribution in [0.5, 0.6) is 0 Å². The number of rotatable bonds is 6. The molecule has 1 amide bonds. The quantitative estimate of drug-likeness (QED) is 0.833. The van der Waals surface area contributed by atoms with Crippen LogP contribution in [0, 0.1) is 0 Å². The first kappa shape index (κ1) is 15.1. The van der Waals surface area contributed by atoms with Gasteiger partial charge in [-0.25, -0.2) is 0 Å². The molecule has 0 aliphatic carbocycles. The summed E-state index contributed by atoms with van der Waals surface area (Å²) in [6.45, 7) is 5.75. The van der Waals surface area contributed by atoms with E-state index in [1.807, 2.05) is 31.2 Å². The Kier molecular flexibility index (Phi) is 6.22. The third-order valence-electron chi connectivity index (χ3n) is 2.80. The minimum atomic E-state index is -0.397. The van der Waals surface area contributed by atoms with Crippen LogP contribution in [-0.4, -0.2) is 28.1 Å². The van der Waals surface area contributed by atoms with Crippen molar-refractivity contribution in [1.82, 2.24) is 0 Å². The summed E-state index contributed by atoms with van der Waals surface area (Å²) in [5.74, 6) is 0.332. The van der Waals surface area contributed by atoms with Gasteiger partial charge >= 0.3 is 0 Å². The molecule has 0 fully saturated rings. The number of amides is 1. The van der Waals surface area contributed by atoms with Crippen LogP contribution in [0.25, 0.3) is 0 Å². The Bertz CT molecular complexity index is 376. The van der Waals surface area contributed by atoms with Crippen molar-refractivity contribution in [2.24, 2.45) is 0 Å². The third kappa shape index (κ3) is 5.10. The van der Waals surface area contributed by atoms with Crippen LogP contribution < -0.4 is 5.32 Å². The van der Waals surface area contributed by atoms with E-state index in [4.69, 9.17) is 0 Å². The minimum absolute atomic E-state index is 0.0308. The van der Waals surface area contributed by atoms with Gasteiger partial charge in [0.15, 0.2) is 0 Å². The molecule has 0 aliphatic rings. The first-order chi connectivity index (χ1) is 8.52. The fraction of sp³-hybridized carbons (Fsp3) is 0.500. The van der Waals surface area contributed by atoms with Crippen molar-refractivity contribution in [3.8, 4) is 0 Å². The van der Waals surface area contributed by atoms with Crippen molar-refractivity contribution in [3.05, 3.63) is 29.8 Å². The number of hydrogen-bond donors (Lipinski definition) is 2. The summed E-state index contributed by atoms with van der Waals surface area (Å²) in [4.78, 5) is 11.7. The number of thioether (sulfide) groups is 1. The molecule has 1 aromatic rings. The first-order valence-electron chi connectivity index (χ1n) is 6.21. The van der Waals surface area contributed by atoms with E-state index in [0.717, 1.165) is 12.1 Å². The molecule has 4 heteroatoms. The lowest BCUT2D eigenvalue weighted by Gasteiger charge is -2.13. The van der Waals surface area contributed by atoms with Crippen LogP contribution in [0.2, 0.25) is 0 Å². The molecule has 0 aliphatic heterocycles. The van der Waals surface area contributed by atoms with Crippen molar-refractivity contribution in [2.45, 2.75) is 38.5 Å². The topological polar surface area (TPSA) is 49.3 Å². The Balaban J connectivity index is 2.39. The number of hydrogen-bond acceptors (Lipinski definition) is 3. The second-order valence-electron chi connectivity index (χ2n) is 4.36. The highest BCUT2D eigenvalue weighted by atomic mass is 32.2. The maximum absolute atomic E-state index is 11.7. The highest BCUT2D eigenvalue weighted by Crippen LogP contribution is 2.15. The van der Waals surface area contributed by atoms with Crippen molar-refractivity contribution in [1.29, 1.82) is 0 Å². The second-order valence-corrected chi connectivity index (χ2v) is 5.72. The first-order valence-corrected chi connectivity index (χ1v) is 7.26. The summed E-state index contributed by atoms with van der Waals surface area (Å²) < 4.78 is 0. The number of aliphatic hydroxyl groups is 1. The fourth-order valence-electron chi connectivity index (χ4n) is 1.37. The van der Waals surface area contributed by atoms with E-state index in [2.05, 4.69) is 12.2 Å². The molecule has 0 aromatic heterocycles. The Labute approximate surface area is 113 Å². The van der Waals surface area contributed by atoms with Crippen molar-refractivity contribution >= 4 is 23.4 Å². The number of aliphatic hydroxyl groups excluding tert-OH is 1. The molecule has 1 rings (SSSR count). The predicted molar refractivity (Wildman–Crippen MR) is 78.1 cm³/mol. The molecule has 0 radical (unpaired) electrons. The van der Waals surface area contributed by atoms with Crippen molar-refractivity contribution in [2.75, 3.05) is 11.1 Å². The Morgan fingerprint density at radius 3 is 2.44 bits per heavy atom. The van der Waals surface area contributed by atoms with Crippen LogP contribution >= 0.6 is 11.8 Å². The van der Waals surface area contributed by atoms with E-state index in [1.165, 1.54) is 17.3 Å². The van der Waals surface area contributed by atoms with Crippen molar-refractivity contribution < 1.29 is 9.90 Å². The van der Waals surface area contributed by atoms with E-state index in [1.54, 1.807) is 6.92 Å². The predicted octanol–water partition coefficient (Wildman–Crippen LogP) is 2.69. The summed E-state index contributed by atoms with van der Waals surface area (Å²) in [7, 11) is 0. The molecule has 3 nitrogen and oxygen atoms in total. The Morgan fingerprint density at radius 1 is 1.33 bits per heavy atom. The van der Waals surface area contributed by atoms with E-state index < -0.39 is 6.10 Å². The SMILES string of the molecule is CCc1ccc(NC(=O)CSC(C)C(C)O)cc1. The zero-order valence-corrected chi connectivity index (χ0v) is 12.0. The highest BCUT2D eigenvalue weighted by molar-refractivity contribution is 8.00. The van der Waals surface area contributed by atoms with Crippen LogP contribution in [0.1, 0.15) is 26.3 Å². The molecule has 2 N–H and O–H groups in total. The smallest absolute Gasteiger partial charge is 0.234 e. The van der Waals surface area contributed by atoms with Crippen LogP contribution in [0.4, 0.5) is 5.69 Å². The van der Waals surface area contributed by atoms with Crippen LogP contribution in [0.3, 0.4) is 0 Å².